The molecule has 1 aliphatic rings. The summed E-state index contributed by atoms with van der Waals surface area (Å²) in [6.45, 7) is 2.24. The molecule has 0 amide bonds. The first kappa shape index (κ1) is 16.1. The quantitative estimate of drug-likeness (QED) is 0.451. The summed E-state index contributed by atoms with van der Waals surface area (Å²) >= 11 is 0. The van der Waals surface area contributed by atoms with Gasteiger partial charge in [-0.15, -0.1) is 0 Å². The molecule has 0 bridgehead atoms. The molecule has 2 heteroatoms. The number of carbonyl (C=O) groups excluding carboxylic acids is 1. The Balaban J connectivity index is 1.62. The molecule has 0 N–H and O–H groups in total. The molecular formula is C19H28O2. The molecule has 21 heavy (non-hydrogen) atoms. The SMILES string of the molecule is CCCCCCCCC1C(=O)OC1CCc1ccccc1. The van der Waals surface area contributed by atoms with Crippen LogP contribution in [-0.2, 0) is 16.0 Å². The smallest absolute Gasteiger partial charge is 0.313 e. The molecule has 116 valence electrons. The van der Waals surface area contributed by atoms with Crippen LogP contribution in [0.3, 0.4) is 0 Å². The van der Waals surface area contributed by atoms with Crippen LogP contribution in [0, 0.1) is 5.92 Å². The van der Waals surface area contributed by atoms with Gasteiger partial charge >= 0.3 is 5.97 Å². The maximum Gasteiger partial charge on any atom is 0.313 e. The van der Waals surface area contributed by atoms with Crippen LogP contribution in [0.4, 0.5) is 0 Å². The highest BCUT2D eigenvalue weighted by molar-refractivity contribution is 5.78. The molecule has 1 fully saturated rings. The van der Waals surface area contributed by atoms with Crippen molar-refractivity contribution in [3.05, 3.63) is 35.9 Å². The van der Waals surface area contributed by atoms with Crippen molar-refractivity contribution in [1.29, 1.82) is 0 Å². The molecule has 1 saturated heterocycles. The van der Waals surface area contributed by atoms with Gasteiger partial charge in [0, 0.05) is 0 Å². The second-order valence-corrected chi connectivity index (χ2v) is 6.16. The molecule has 2 rings (SSSR count). The van der Waals surface area contributed by atoms with Crippen LogP contribution in [0.15, 0.2) is 30.3 Å². The third-order valence-corrected chi connectivity index (χ3v) is 4.45. The molecule has 2 atom stereocenters. The molecular weight excluding hydrogens is 260 g/mol. The van der Waals surface area contributed by atoms with Crippen molar-refractivity contribution in [2.24, 2.45) is 5.92 Å². The second kappa shape index (κ2) is 8.86. The van der Waals surface area contributed by atoms with E-state index >= 15 is 0 Å². The third-order valence-electron chi connectivity index (χ3n) is 4.45. The first-order chi connectivity index (χ1) is 10.3. The van der Waals surface area contributed by atoms with Crippen molar-refractivity contribution in [2.75, 3.05) is 0 Å². The maximum absolute atomic E-state index is 11.6. The molecule has 1 aromatic rings. The molecule has 0 aromatic heterocycles. The van der Waals surface area contributed by atoms with Crippen molar-refractivity contribution < 1.29 is 9.53 Å². The zero-order chi connectivity index (χ0) is 14.9. The number of unbranched alkanes of at least 4 members (excludes halogenated alkanes) is 5. The Labute approximate surface area is 128 Å². The Bertz CT molecular complexity index is 413. The van der Waals surface area contributed by atoms with Crippen LogP contribution in [0.5, 0.6) is 0 Å². The van der Waals surface area contributed by atoms with Gasteiger partial charge in [0.1, 0.15) is 6.10 Å². The lowest BCUT2D eigenvalue weighted by atomic mass is 9.87. The summed E-state index contributed by atoms with van der Waals surface area (Å²) in [6.07, 6.45) is 10.9. The zero-order valence-corrected chi connectivity index (χ0v) is 13.2. The fourth-order valence-electron chi connectivity index (χ4n) is 3.06. The van der Waals surface area contributed by atoms with E-state index in [4.69, 9.17) is 4.74 Å². The normalized spacial score (nSPS) is 20.9. The largest absolute Gasteiger partial charge is 0.461 e. The average Bonchev–Trinajstić information content (AvgIpc) is 2.51. The van der Waals surface area contributed by atoms with Gasteiger partial charge in [-0.25, -0.2) is 0 Å². The molecule has 2 nitrogen and oxygen atoms in total. The average molecular weight is 288 g/mol. The first-order valence-corrected chi connectivity index (χ1v) is 8.55. The van der Waals surface area contributed by atoms with Gasteiger partial charge in [-0.3, -0.25) is 4.79 Å². The highest BCUT2D eigenvalue weighted by Crippen LogP contribution is 2.31. The van der Waals surface area contributed by atoms with Crippen molar-refractivity contribution in [2.45, 2.75) is 70.8 Å². The van der Waals surface area contributed by atoms with Crippen LogP contribution < -0.4 is 0 Å². The summed E-state index contributed by atoms with van der Waals surface area (Å²) in [4.78, 5) is 11.6. The van der Waals surface area contributed by atoms with Crippen LogP contribution in [0.25, 0.3) is 0 Å². The number of hydrogen-bond acceptors (Lipinski definition) is 2. The molecule has 0 saturated carbocycles. The highest BCUT2D eigenvalue weighted by atomic mass is 16.6. The van der Waals surface area contributed by atoms with Gasteiger partial charge in [-0.1, -0.05) is 75.8 Å². The number of benzene rings is 1. The highest BCUT2D eigenvalue weighted by Gasteiger charge is 2.40. The maximum atomic E-state index is 11.6. The van der Waals surface area contributed by atoms with Crippen LogP contribution in [-0.4, -0.2) is 12.1 Å². The molecule has 1 heterocycles. The Kier molecular flexibility index (Phi) is 6.78. The number of cyclic esters (lactones) is 1. The molecule has 0 spiro atoms. The lowest BCUT2D eigenvalue weighted by molar-refractivity contribution is -0.185. The van der Waals surface area contributed by atoms with Crippen molar-refractivity contribution in [1.82, 2.24) is 0 Å². The Hall–Kier alpha value is -1.31. The monoisotopic (exact) mass is 288 g/mol. The van der Waals surface area contributed by atoms with Gasteiger partial charge in [0.15, 0.2) is 0 Å². The van der Waals surface area contributed by atoms with Crippen molar-refractivity contribution >= 4 is 5.97 Å². The van der Waals surface area contributed by atoms with Crippen LogP contribution in [0.1, 0.15) is 63.9 Å². The van der Waals surface area contributed by atoms with E-state index in [1.54, 1.807) is 0 Å². The Morgan fingerprint density at radius 1 is 0.952 bits per heavy atom. The van der Waals surface area contributed by atoms with E-state index in [1.807, 2.05) is 6.07 Å². The fourth-order valence-corrected chi connectivity index (χ4v) is 3.06. The van der Waals surface area contributed by atoms with E-state index in [-0.39, 0.29) is 18.0 Å². The van der Waals surface area contributed by atoms with E-state index < -0.39 is 0 Å². The Morgan fingerprint density at radius 3 is 2.38 bits per heavy atom. The number of carbonyl (C=O) groups is 1. The van der Waals surface area contributed by atoms with E-state index in [0.29, 0.717) is 0 Å². The molecule has 0 aliphatic carbocycles. The molecule has 2 unspecified atom stereocenters. The van der Waals surface area contributed by atoms with E-state index in [2.05, 4.69) is 31.2 Å². The number of esters is 1. The fraction of sp³-hybridized carbons (Fsp3) is 0.632. The van der Waals surface area contributed by atoms with Crippen LogP contribution >= 0.6 is 0 Å². The summed E-state index contributed by atoms with van der Waals surface area (Å²) in [5, 5.41) is 0. The summed E-state index contributed by atoms with van der Waals surface area (Å²) in [7, 11) is 0. The summed E-state index contributed by atoms with van der Waals surface area (Å²) in [5.41, 5.74) is 1.33. The molecule has 1 aliphatic heterocycles. The second-order valence-electron chi connectivity index (χ2n) is 6.16. The topological polar surface area (TPSA) is 26.3 Å². The van der Waals surface area contributed by atoms with Crippen LogP contribution in [0.2, 0.25) is 0 Å². The third kappa shape index (κ3) is 5.18. The van der Waals surface area contributed by atoms with Crippen molar-refractivity contribution in [3.8, 4) is 0 Å². The Morgan fingerprint density at radius 2 is 1.67 bits per heavy atom. The molecule has 1 aromatic carbocycles. The van der Waals surface area contributed by atoms with E-state index in [1.165, 1.54) is 44.1 Å². The lowest BCUT2D eigenvalue weighted by Crippen LogP contribution is -2.45. The number of aryl methyl sites for hydroxylation is 1. The predicted molar refractivity (Wildman–Crippen MR) is 86.1 cm³/mol. The summed E-state index contributed by atoms with van der Waals surface area (Å²) < 4.78 is 5.33. The minimum Gasteiger partial charge on any atom is -0.461 e. The molecule has 0 radical (unpaired) electrons. The van der Waals surface area contributed by atoms with Gasteiger partial charge in [0.2, 0.25) is 0 Å². The summed E-state index contributed by atoms with van der Waals surface area (Å²) in [6, 6.07) is 10.5. The van der Waals surface area contributed by atoms with Gasteiger partial charge < -0.3 is 4.74 Å². The minimum absolute atomic E-state index is 0.0293. The van der Waals surface area contributed by atoms with Gasteiger partial charge in [0.05, 0.1) is 5.92 Å². The standard InChI is InChI=1S/C19H28O2/c1-2-3-4-5-6-10-13-17-18(21-19(17)20)15-14-16-11-8-7-9-12-16/h7-9,11-12,17-18H,2-6,10,13-15H2,1H3. The minimum atomic E-state index is 0.0293. The van der Waals surface area contributed by atoms with Gasteiger partial charge in [-0.05, 0) is 24.8 Å². The van der Waals surface area contributed by atoms with E-state index in [9.17, 15) is 4.79 Å². The predicted octanol–water partition coefficient (Wildman–Crippen LogP) is 4.91. The lowest BCUT2D eigenvalue weighted by Gasteiger charge is -2.35. The summed E-state index contributed by atoms with van der Waals surface area (Å²) in [5.74, 6) is 0.196. The number of ether oxygens (including phenoxy) is 1. The first-order valence-electron chi connectivity index (χ1n) is 8.55. The van der Waals surface area contributed by atoms with Crippen molar-refractivity contribution in [3.63, 3.8) is 0 Å². The number of hydrogen-bond donors (Lipinski definition) is 0. The van der Waals surface area contributed by atoms with E-state index in [0.717, 1.165) is 19.3 Å². The van der Waals surface area contributed by atoms with Gasteiger partial charge in [0.25, 0.3) is 0 Å². The van der Waals surface area contributed by atoms with Gasteiger partial charge in [-0.2, -0.15) is 0 Å². The zero-order valence-electron chi connectivity index (χ0n) is 13.2. The number of rotatable bonds is 10.